The van der Waals surface area contributed by atoms with Crippen LogP contribution >= 0.6 is 11.8 Å². The lowest BCUT2D eigenvalue weighted by atomic mass is 9.99. The summed E-state index contributed by atoms with van der Waals surface area (Å²) in [6.45, 7) is 0. The molecular weight excluding hydrogens is 322 g/mol. The lowest BCUT2D eigenvalue weighted by Crippen LogP contribution is -2.54. The number of hydrogen-bond donors (Lipinski definition) is 2. The summed E-state index contributed by atoms with van der Waals surface area (Å²) in [7, 11) is 0. The Morgan fingerprint density at radius 2 is 2.35 bits per heavy atom. The molecule has 0 spiro atoms. The summed E-state index contributed by atoms with van der Waals surface area (Å²) in [4.78, 5) is 27.6. The van der Waals surface area contributed by atoms with Crippen molar-refractivity contribution in [3.05, 3.63) is 24.3 Å². The summed E-state index contributed by atoms with van der Waals surface area (Å²) >= 11 is 1.52. The summed E-state index contributed by atoms with van der Waals surface area (Å²) in [5.74, 6) is 0.884. The third-order valence-electron chi connectivity index (χ3n) is 3.59. The van der Waals surface area contributed by atoms with Gasteiger partial charge in [-0.25, -0.2) is 4.79 Å². The van der Waals surface area contributed by atoms with Gasteiger partial charge in [0.25, 0.3) is 0 Å². The van der Waals surface area contributed by atoms with Gasteiger partial charge in [0.1, 0.15) is 5.54 Å². The van der Waals surface area contributed by atoms with E-state index >= 15 is 0 Å². The Hall–Kier alpha value is -2.29. The van der Waals surface area contributed by atoms with Crippen LogP contribution in [0, 0.1) is 0 Å². The Balaban J connectivity index is 1.56. The van der Waals surface area contributed by atoms with Gasteiger partial charge in [0, 0.05) is 18.6 Å². The molecule has 122 valence electrons. The van der Waals surface area contributed by atoms with E-state index in [2.05, 4.69) is 15.5 Å². The molecule has 9 heteroatoms. The monoisotopic (exact) mass is 337 g/mol. The summed E-state index contributed by atoms with van der Waals surface area (Å²) in [5.41, 5.74) is -1.16. The highest BCUT2D eigenvalue weighted by atomic mass is 32.2. The minimum atomic E-state index is -1.16. The number of rotatable bonds is 6. The Labute approximate surface area is 135 Å². The summed E-state index contributed by atoms with van der Waals surface area (Å²) < 4.78 is 10.2. The number of carbonyl (C=O) groups excluding carboxylic acids is 1. The third-order valence-corrected chi connectivity index (χ3v) is 4.78. The molecule has 1 aliphatic rings. The Morgan fingerprint density at radius 3 is 3.00 bits per heavy atom. The highest BCUT2D eigenvalue weighted by Crippen LogP contribution is 2.28. The topological polar surface area (TPSA) is 118 Å². The molecule has 1 atom stereocenters. The molecule has 2 aromatic rings. The fourth-order valence-corrected chi connectivity index (χ4v) is 3.62. The number of furan rings is 1. The predicted octanol–water partition coefficient (Wildman–Crippen LogP) is 1.34. The minimum absolute atomic E-state index is 0.0828. The van der Waals surface area contributed by atoms with Crippen LogP contribution in [-0.2, 0) is 16.0 Å². The van der Waals surface area contributed by atoms with Crippen molar-refractivity contribution < 1.29 is 23.6 Å². The molecule has 1 aliphatic heterocycles. The van der Waals surface area contributed by atoms with Crippen molar-refractivity contribution in [2.45, 2.75) is 24.8 Å². The first-order chi connectivity index (χ1) is 11.1. The first kappa shape index (κ1) is 15.6. The summed E-state index contributed by atoms with van der Waals surface area (Å²) in [6, 6.07) is 3.42. The molecule has 1 fully saturated rings. The molecule has 0 saturated carbocycles. The van der Waals surface area contributed by atoms with Crippen LogP contribution < -0.4 is 5.32 Å². The van der Waals surface area contributed by atoms with E-state index in [1.807, 2.05) is 0 Å². The molecule has 1 amide bonds. The van der Waals surface area contributed by atoms with E-state index in [0.717, 1.165) is 5.75 Å². The summed E-state index contributed by atoms with van der Waals surface area (Å²) in [5, 5.41) is 15.7. The van der Waals surface area contributed by atoms with Crippen molar-refractivity contribution in [3.8, 4) is 11.6 Å². The number of nitrogens with one attached hydrogen (secondary N) is 1. The quantitative estimate of drug-likeness (QED) is 0.810. The van der Waals surface area contributed by atoms with Gasteiger partial charge in [-0.05, 0) is 24.3 Å². The van der Waals surface area contributed by atoms with Gasteiger partial charge in [0.15, 0.2) is 5.76 Å². The molecule has 1 saturated heterocycles. The van der Waals surface area contributed by atoms with Gasteiger partial charge in [-0.3, -0.25) is 4.79 Å². The molecule has 0 aromatic carbocycles. The van der Waals surface area contributed by atoms with Crippen LogP contribution in [0.2, 0.25) is 0 Å². The van der Waals surface area contributed by atoms with Crippen LogP contribution in [0.5, 0.6) is 0 Å². The predicted molar refractivity (Wildman–Crippen MR) is 80.8 cm³/mol. The zero-order valence-electron chi connectivity index (χ0n) is 12.2. The van der Waals surface area contributed by atoms with Crippen LogP contribution in [0.1, 0.15) is 18.7 Å². The van der Waals surface area contributed by atoms with E-state index < -0.39 is 11.5 Å². The normalized spacial score (nSPS) is 20.5. The maximum absolute atomic E-state index is 12.0. The van der Waals surface area contributed by atoms with E-state index in [-0.39, 0.29) is 18.7 Å². The van der Waals surface area contributed by atoms with Gasteiger partial charge in [-0.2, -0.15) is 16.7 Å². The van der Waals surface area contributed by atoms with Crippen LogP contribution in [0.4, 0.5) is 0 Å². The second-order valence-corrected chi connectivity index (χ2v) is 6.33. The number of aliphatic carboxylic acids is 1. The molecule has 3 rings (SSSR count). The number of aryl methyl sites for hydroxylation is 1. The van der Waals surface area contributed by atoms with Crippen LogP contribution in [0.25, 0.3) is 11.6 Å². The molecule has 8 nitrogen and oxygen atoms in total. The van der Waals surface area contributed by atoms with Crippen LogP contribution in [0.3, 0.4) is 0 Å². The number of thioether (sulfide) groups is 1. The Kier molecular flexibility index (Phi) is 4.37. The second-order valence-electron chi connectivity index (χ2n) is 5.23. The Bertz CT molecular complexity index is 691. The van der Waals surface area contributed by atoms with E-state index in [1.165, 1.54) is 18.0 Å². The van der Waals surface area contributed by atoms with Crippen LogP contribution in [0.15, 0.2) is 27.3 Å². The van der Waals surface area contributed by atoms with Crippen molar-refractivity contribution in [2.24, 2.45) is 0 Å². The second kappa shape index (κ2) is 6.45. The molecule has 2 N–H and O–H groups in total. The fourth-order valence-electron chi connectivity index (χ4n) is 2.30. The van der Waals surface area contributed by atoms with Gasteiger partial charge in [0.05, 0.1) is 6.26 Å². The molecule has 23 heavy (non-hydrogen) atoms. The number of carboxylic acid groups (broad SMARTS) is 1. The number of nitrogens with zero attached hydrogens (tertiary/aromatic N) is 2. The van der Waals surface area contributed by atoms with E-state index in [9.17, 15) is 14.7 Å². The fraction of sp³-hybridized carbons (Fsp3) is 0.429. The first-order valence-corrected chi connectivity index (χ1v) is 8.23. The maximum Gasteiger partial charge on any atom is 0.330 e. The number of amides is 1. The third kappa shape index (κ3) is 3.39. The molecular formula is C14H15N3O5S. The number of hydrogen-bond acceptors (Lipinski definition) is 7. The van der Waals surface area contributed by atoms with E-state index in [0.29, 0.717) is 29.6 Å². The van der Waals surface area contributed by atoms with Gasteiger partial charge in [-0.15, -0.1) is 0 Å². The molecule has 0 aliphatic carbocycles. The maximum atomic E-state index is 12.0. The van der Waals surface area contributed by atoms with Crippen molar-refractivity contribution in [2.75, 3.05) is 11.5 Å². The van der Waals surface area contributed by atoms with Crippen molar-refractivity contribution in [1.29, 1.82) is 0 Å². The number of carboxylic acids is 1. The smallest absolute Gasteiger partial charge is 0.330 e. The largest absolute Gasteiger partial charge is 0.479 e. The van der Waals surface area contributed by atoms with Gasteiger partial charge in [-0.1, -0.05) is 5.16 Å². The first-order valence-electron chi connectivity index (χ1n) is 7.08. The molecule has 0 bridgehead atoms. The van der Waals surface area contributed by atoms with E-state index in [1.54, 1.807) is 12.1 Å². The molecule has 3 heterocycles. The molecule has 0 radical (unpaired) electrons. The molecule has 2 aromatic heterocycles. The van der Waals surface area contributed by atoms with Gasteiger partial charge in [0.2, 0.25) is 17.6 Å². The van der Waals surface area contributed by atoms with Gasteiger partial charge >= 0.3 is 5.97 Å². The lowest BCUT2D eigenvalue weighted by molar-refractivity contribution is -0.146. The number of aromatic nitrogens is 2. The van der Waals surface area contributed by atoms with Crippen molar-refractivity contribution in [3.63, 3.8) is 0 Å². The Morgan fingerprint density at radius 1 is 1.48 bits per heavy atom. The average Bonchev–Trinajstić information content (AvgIpc) is 3.26. The molecule has 1 unspecified atom stereocenters. The minimum Gasteiger partial charge on any atom is -0.479 e. The average molecular weight is 337 g/mol. The highest BCUT2D eigenvalue weighted by molar-refractivity contribution is 7.99. The van der Waals surface area contributed by atoms with Crippen molar-refractivity contribution >= 4 is 23.6 Å². The lowest BCUT2D eigenvalue weighted by Gasteiger charge is -2.24. The highest BCUT2D eigenvalue weighted by Gasteiger charge is 2.43. The van der Waals surface area contributed by atoms with Crippen LogP contribution in [-0.4, -0.2) is 44.2 Å². The SMILES string of the molecule is O=C(CCc1nc(-c2ccco2)no1)NC1(C(=O)O)CCSC1. The van der Waals surface area contributed by atoms with Crippen molar-refractivity contribution in [1.82, 2.24) is 15.5 Å². The zero-order chi connectivity index (χ0) is 16.3. The van der Waals surface area contributed by atoms with E-state index in [4.69, 9.17) is 8.94 Å². The zero-order valence-corrected chi connectivity index (χ0v) is 13.0. The summed E-state index contributed by atoms with van der Waals surface area (Å²) in [6.07, 6.45) is 2.26. The number of carbonyl (C=O) groups is 2. The standard InChI is InChI=1S/C14H15N3O5S/c18-10(16-14(13(19)20)5-7-23-8-14)3-4-11-15-12(17-22-11)9-2-1-6-21-9/h1-2,6H,3-5,7-8H2,(H,16,18)(H,19,20). The van der Waals surface area contributed by atoms with Gasteiger partial charge < -0.3 is 19.4 Å².